The van der Waals surface area contributed by atoms with Crippen molar-refractivity contribution in [2.24, 2.45) is 5.73 Å². The molecule has 10 nitrogen and oxygen atoms in total. The first kappa shape index (κ1) is 21.3. The molecule has 0 aromatic heterocycles. The molecule has 1 saturated heterocycles. The Balaban J connectivity index is 1.95. The Morgan fingerprint density at radius 1 is 1.23 bits per heavy atom. The van der Waals surface area contributed by atoms with Crippen molar-refractivity contribution >= 4 is 27.9 Å². The Kier molecular flexibility index (Phi) is 6.04. The van der Waals surface area contributed by atoms with Crippen molar-refractivity contribution in [3.63, 3.8) is 0 Å². The molecule has 1 heterocycles. The Morgan fingerprint density at radius 3 is 2.50 bits per heavy atom. The van der Waals surface area contributed by atoms with Crippen LogP contribution in [0.15, 0.2) is 53.4 Å². The Hall–Kier alpha value is -3.44. The van der Waals surface area contributed by atoms with E-state index in [0.29, 0.717) is 5.56 Å². The second-order valence-corrected chi connectivity index (χ2v) is 8.08. The van der Waals surface area contributed by atoms with E-state index in [9.17, 15) is 22.8 Å². The third-order valence-corrected chi connectivity index (χ3v) is 5.92. The summed E-state index contributed by atoms with van der Waals surface area (Å²) in [6, 6.07) is 11.2. The number of methoxy groups -OCH3 is 1. The van der Waals surface area contributed by atoms with E-state index in [1.165, 1.54) is 19.2 Å². The van der Waals surface area contributed by atoms with Gasteiger partial charge in [0.25, 0.3) is 11.8 Å². The molecular formula is C19H19N3O7S. The number of nitrogens with two attached hydrogens (primary N) is 1. The van der Waals surface area contributed by atoms with Gasteiger partial charge < -0.3 is 15.2 Å². The summed E-state index contributed by atoms with van der Waals surface area (Å²) in [6.45, 7) is -0.659. The van der Waals surface area contributed by atoms with Gasteiger partial charge in [-0.2, -0.15) is 0 Å². The lowest BCUT2D eigenvalue weighted by Gasteiger charge is -2.23. The van der Waals surface area contributed by atoms with E-state index in [1.807, 2.05) is 0 Å². The van der Waals surface area contributed by atoms with Gasteiger partial charge in [0.2, 0.25) is 10.0 Å². The number of hydrogen-bond acceptors (Lipinski definition) is 7. The number of rotatable bonds is 8. The maximum Gasteiger partial charge on any atom is 0.417 e. The zero-order valence-electron chi connectivity index (χ0n) is 15.9. The Bertz CT molecular complexity index is 1070. The van der Waals surface area contributed by atoms with E-state index in [-0.39, 0.29) is 22.8 Å². The fourth-order valence-electron chi connectivity index (χ4n) is 2.94. The topological polar surface area (TPSA) is 145 Å². The van der Waals surface area contributed by atoms with E-state index < -0.39 is 40.6 Å². The van der Waals surface area contributed by atoms with E-state index in [4.69, 9.17) is 15.2 Å². The first-order chi connectivity index (χ1) is 14.2. The normalized spacial score (nSPS) is 15.0. The summed E-state index contributed by atoms with van der Waals surface area (Å²) in [4.78, 5) is 36.0. The van der Waals surface area contributed by atoms with Crippen molar-refractivity contribution in [2.75, 3.05) is 20.3 Å². The molecular weight excluding hydrogens is 414 g/mol. The summed E-state index contributed by atoms with van der Waals surface area (Å²) < 4.78 is 38.2. The fraction of sp³-hybridized carbons (Fsp3) is 0.211. The quantitative estimate of drug-likeness (QED) is 0.626. The number of carbonyl (C=O) groups excluding carboxylic acids is 3. The number of amides is 3. The van der Waals surface area contributed by atoms with E-state index in [0.717, 1.165) is 11.0 Å². The van der Waals surface area contributed by atoms with E-state index in [2.05, 4.69) is 4.72 Å². The van der Waals surface area contributed by atoms with Gasteiger partial charge in [0, 0.05) is 0 Å². The van der Waals surface area contributed by atoms with Gasteiger partial charge >= 0.3 is 6.09 Å². The third kappa shape index (κ3) is 4.42. The lowest BCUT2D eigenvalue weighted by Crippen LogP contribution is -2.40. The number of imide groups is 1. The largest absolute Gasteiger partial charge is 0.496 e. The van der Waals surface area contributed by atoms with Crippen LogP contribution in [0, 0.1) is 0 Å². The van der Waals surface area contributed by atoms with Crippen LogP contribution in [-0.2, 0) is 19.6 Å². The molecule has 1 fully saturated rings. The van der Waals surface area contributed by atoms with Crippen LogP contribution >= 0.6 is 0 Å². The molecule has 1 aliphatic heterocycles. The Morgan fingerprint density at radius 2 is 1.93 bits per heavy atom. The van der Waals surface area contributed by atoms with Crippen molar-refractivity contribution in [3.8, 4) is 5.75 Å². The summed E-state index contributed by atoms with van der Waals surface area (Å²) in [5.74, 6) is -1.29. The molecule has 0 aliphatic carbocycles. The predicted octanol–water partition coefficient (Wildman–Crippen LogP) is 0.792. The zero-order valence-corrected chi connectivity index (χ0v) is 16.7. The monoisotopic (exact) mass is 433 g/mol. The number of ether oxygens (including phenoxy) is 2. The first-order valence-electron chi connectivity index (χ1n) is 8.75. The summed E-state index contributed by atoms with van der Waals surface area (Å²) >= 11 is 0. The molecule has 3 amide bonds. The van der Waals surface area contributed by atoms with Crippen LogP contribution in [0.3, 0.4) is 0 Å². The number of nitrogens with zero attached hydrogens (tertiary/aromatic N) is 1. The fourth-order valence-corrected chi connectivity index (χ4v) is 4.18. The summed E-state index contributed by atoms with van der Waals surface area (Å²) in [6.07, 6.45) is -0.847. The minimum atomic E-state index is -4.17. The SMILES string of the molecule is COc1ccc(S(=O)(=O)NC(CN2C(=O)COC2=O)c2ccccc2)cc1C(N)=O. The molecule has 0 spiro atoms. The molecule has 2 aromatic rings. The van der Waals surface area contributed by atoms with Crippen LogP contribution in [0.2, 0.25) is 0 Å². The maximum absolute atomic E-state index is 13.0. The zero-order chi connectivity index (χ0) is 21.9. The summed E-state index contributed by atoms with van der Waals surface area (Å²) in [5, 5.41) is 0. The molecule has 30 heavy (non-hydrogen) atoms. The van der Waals surface area contributed by atoms with Crippen LogP contribution in [-0.4, -0.2) is 51.5 Å². The van der Waals surface area contributed by atoms with Crippen molar-refractivity contribution in [1.82, 2.24) is 9.62 Å². The van der Waals surface area contributed by atoms with Crippen molar-refractivity contribution < 1.29 is 32.3 Å². The van der Waals surface area contributed by atoms with Gasteiger partial charge in [-0.1, -0.05) is 30.3 Å². The molecule has 158 valence electrons. The maximum atomic E-state index is 13.0. The molecule has 1 atom stereocenters. The number of cyclic esters (lactones) is 1. The van der Waals surface area contributed by atoms with E-state index >= 15 is 0 Å². The molecule has 3 N–H and O–H groups in total. The highest BCUT2D eigenvalue weighted by molar-refractivity contribution is 7.89. The highest BCUT2D eigenvalue weighted by atomic mass is 32.2. The van der Waals surface area contributed by atoms with Crippen molar-refractivity contribution in [1.29, 1.82) is 0 Å². The Labute approximate surface area is 172 Å². The number of nitrogens with one attached hydrogen (secondary N) is 1. The van der Waals surface area contributed by atoms with Gasteiger partial charge in [0.05, 0.1) is 30.2 Å². The van der Waals surface area contributed by atoms with Crippen LogP contribution in [0.25, 0.3) is 0 Å². The van der Waals surface area contributed by atoms with Crippen LogP contribution in [0.5, 0.6) is 5.75 Å². The standard InChI is InChI=1S/C19H19N3O7S/c1-28-16-8-7-13(9-14(16)18(20)24)30(26,27)21-15(12-5-3-2-4-6-12)10-22-17(23)11-29-19(22)25/h2-9,15,21H,10-11H2,1H3,(H2,20,24). The van der Waals surface area contributed by atoms with Gasteiger partial charge in [-0.15, -0.1) is 0 Å². The van der Waals surface area contributed by atoms with Crippen molar-refractivity contribution in [2.45, 2.75) is 10.9 Å². The van der Waals surface area contributed by atoms with E-state index in [1.54, 1.807) is 30.3 Å². The molecule has 0 radical (unpaired) electrons. The van der Waals surface area contributed by atoms with Gasteiger partial charge in [-0.3, -0.25) is 9.59 Å². The number of hydrogen-bond donors (Lipinski definition) is 2. The summed E-state index contributed by atoms with van der Waals surface area (Å²) in [7, 11) is -2.84. The third-order valence-electron chi connectivity index (χ3n) is 4.45. The second-order valence-electron chi connectivity index (χ2n) is 6.37. The molecule has 1 unspecified atom stereocenters. The van der Waals surface area contributed by atoms with Gasteiger partial charge in [0.1, 0.15) is 5.75 Å². The predicted molar refractivity (Wildman–Crippen MR) is 104 cm³/mol. The average molecular weight is 433 g/mol. The molecule has 0 saturated carbocycles. The average Bonchev–Trinajstić information content (AvgIpc) is 3.05. The molecule has 0 bridgehead atoms. The second kappa shape index (κ2) is 8.51. The number of benzene rings is 2. The van der Waals surface area contributed by atoms with Gasteiger partial charge in [-0.25, -0.2) is 22.8 Å². The molecule has 1 aliphatic rings. The number of primary amides is 1. The molecule has 2 aromatic carbocycles. The lowest BCUT2D eigenvalue weighted by molar-refractivity contribution is -0.126. The summed E-state index contributed by atoms with van der Waals surface area (Å²) in [5.41, 5.74) is 5.73. The lowest BCUT2D eigenvalue weighted by atomic mass is 10.1. The highest BCUT2D eigenvalue weighted by Crippen LogP contribution is 2.25. The molecule has 11 heteroatoms. The minimum absolute atomic E-state index is 0.102. The van der Waals surface area contributed by atoms with Crippen molar-refractivity contribution in [3.05, 3.63) is 59.7 Å². The molecule has 3 rings (SSSR count). The van der Waals surface area contributed by atoms with Gasteiger partial charge in [-0.05, 0) is 23.8 Å². The van der Waals surface area contributed by atoms with Gasteiger partial charge in [0.15, 0.2) is 6.61 Å². The minimum Gasteiger partial charge on any atom is -0.496 e. The number of sulfonamides is 1. The highest BCUT2D eigenvalue weighted by Gasteiger charge is 2.35. The smallest absolute Gasteiger partial charge is 0.417 e. The van der Waals surface area contributed by atoms with Crippen LogP contribution < -0.4 is 15.2 Å². The van der Waals surface area contributed by atoms with Crippen LogP contribution in [0.4, 0.5) is 4.79 Å². The van der Waals surface area contributed by atoms with Crippen LogP contribution in [0.1, 0.15) is 22.0 Å². The first-order valence-corrected chi connectivity index (χ1v) is 10.2. The number of carbonyl (C=O) groups is 3.